The van der Waals surface area contributed by atoms with Gasteiger partial charge in [0.1, 0.15) is 0 Å². The Kier molecular flexibility index (Phi) is 2.52. The van der Waals surface area contributed by atoms with Gasteiger partial charge in [0.05, 0.1) is 11.9 Å². The smallest absolute Gasteiger partial charge is 0.270 e. The Labute approximate surface area is 91.7 Å². The van der Waals surface area contributed by atoms with Crippen molar-refractivity contribution in [2.24, 2.45) is 4.99 Å². The van der Waals surface area contributed by atoms with E-state index < -0.39 is 0 Å². The molecule has 0 unspecified atom stereocenters. The fourth-order valence-electron chi connectivity index (χ4n) is 1.42. The van der Waals surface area contributed by atoms with E-state index in [1.165, 1.54) is 6.08 Å². The summed E-state index contributed by atoms with van der Waals surface area (Å²) in [7, 11) is 0. The third-order valence-corrected chi connectivity index (χ3v) is 2.15. The van der Waals surface area contributed by atoms with Crippen LogP contribution in [0.1, 0.15) is 10.4 Å². The molecule has 1 aromatic rings. The maximum Gasteiger partial charge on any atom is 0.270 e. The number of fused-ring (bicyclic) bond motifs is 1. The van der Waals surface area contributed by atoms with Crippen molar-refractivity contribution in [2.75, 3.05) is 6.54 Å². The van der Waals surface area contributed by atoms with Crippen LogP contribution < -0.4 is 15.9 Å². The van der Waals surface area contributed by atoms with Gasteiger partial charge in [-0.25, -0.2) is 4.99 Å². The highest BCUT2D eigenvalue weighted by Crippen LogP contribution is 1.94. The molecule has 1 aliphatic heterocycles. The number of benzene rings is 1. The molecule has 0 atom stereocenters. The predicted octanol–water partition coefficient (Wildman–Crippen LogP) is -1.01. The summed E-state index contributed by atoms with van der Waals surface area (Å²) >= 11 is 0. The van der Waals surface area contributed by atoms with Gasteiger partial charge in [-0.15, -0.1) is 6.42 Å². The van der Waals surface area contributed by atoms with Gasteiger partial charge >= 0.3 is 0 Å². The molecule has 2 amide bonds. The molecule has 4 heteroatoms. The van der Waals surface area contributed by atoms with Crippen LogP contribution in [0.2, 0.25) is 0 Å². The molecule has 0 aliphatic carbocycles. The van der Waals surface area contributed by atoms with Crippen molar-refractivity contribution < 1.29 is 9.59 Å². The first-order valence-electron chi connectivity index (χ1n) is 4.67. The second-order valence-corrected chi connectivity index (χ2v) is 3.25. The third-order valence-electron chi connectivity index (χ3n) is 2.15. The quantitative estimate of drug-likeness (QED) is 0.638. The second kappa shape index (κ2) is 3.99. The number of hydrogen-bond donors (Lipinski definition) is 1. The Morgan fingerprint density at radius 1 is 1.50 bits per heavy atom. The van der Waals surface area contributed by atoms with Gasteiger partial charge in [-0.05, 0) is 12.1 Å². The van der Waals surface area contributed by atoms with E-state index in [2.05, 4.69) is 16.2 Å². The topological polar surface area (TPSA) is 58.5 Å². The molecular weight excluding hydrogens is 204 g/mol. The van der Waals surface area contributed by atoms with Crippen molar-refractivity contribution in [3.8, 4) is 12.3 Å². The Morgan fingerprint density at radius 3 is 3.06 bits per heavy atom. The van der Waals surface area contributed by atoms with Crippen LogP contribution in [-0.2, 0) is 4.79 Å². The van der Waals surface area contributed by atoms with Crippen LogP contribution in [-0.4, -0.2) is 18.4 Å². The standard InChI is InChI=1S/C12H8N2O2/c1-2-5-13-12(16)9-4-3-8-7-11(15)14-10(8)6-9/h1,3-4,6-7H,5H2,(H,13,16). The van der Waals surface area contributed by atoms with Crippen molar-refractivity contribution in [3.63, 3.8) is 0 Å². The van der Waals surface area contributed by atoms with Gasteiger partial charge in [0, 0.05) is 16.9 Å². The molecular formula is C12H8N2O2. The lowest BCUT2D eigenvalue weighted by Crippen LogP contribution is -2.28. The van der Waals surface area contributed by atoms with Gasteiger partial charge < -0.3 is 5.32 Å². The minimum absolute atomic E-state index is 0.179. The van der Waals surface area contributed by atoms with Gasteiger partial charge in [0.2, 0.25) is 0 Å². The summed E-state index contributed by atoms with van der Waals surface area (Å²) < 4.78 is 0. The van der Waals surface area contributed by atoms with Crippen LogP contribution in [0, 0.1) is 12.3 Å². The molecule has 1 N–H and O–H groups in total. The zero-order valence-corrected chi connectivity index (χ0v) is 8.36. The van der Waals surface area contributed by atoms with Crippen LogP contribution in [0.3, 0.4) is 0 Å². The number of terminal acetylenes is 1. The third kappa shape index (κ3) is 1.84. The van der Waals surface area contributed by atoms with Gasteiger partial charge in [-0.1, -0.05) is 12.0 Å². The molecule has 0 saturated heterocycles. The van der Waals surface area contributed by atoms with E-state index in [-0.39, 0.29) is 18.4 Å². The van der Waals surface area contributed by atoms with Crippen LogP contribution in [0.5, 0.6) is 0 Å². The second-order valence-electron chi connectivity index (χ2n) is 3.25. The summed E-state index contributed by atoms with van der Waals surface area (Å²) in [5.74, 6) is 1.75. The SMILES string of the molecule is C#CCNC(=O)c1ccc2c(c1)=NC(=O)C=2. The van der Waals surface area contributed by atoms with Crippen LogP contribution in [0.25, 0.3) is 6.08 Å². The van der Waals surface area contributed by atoms with Gasteiger partial charge in [0.25, 0.3) is 11.8 Å². The summed E-state index contributed by atoms with van der Waals surface area (Å²) in [4.78, 5) is 26.3. The number of rotatable bonds is 2. The lowest BCUT2D eigenvalue weighted by molar-refractivity contribution is -0.112. The maximum atomic E-state index is 11.5. The summed E-state index contributed by atoms with van der Waals surface area (Å²) in [6.45, 7) is 0.179. The molecule has 0 aromatic heterocycles. The molecule has 0 radical (unpaired) electrons. The largest absolute Gasteiger partial charge is 0.341 e. The van der Waals surface area contributed by atoms with E-state index in [4.69, 9.17) is 6.42 Å². The minimum Gasteiger partial charge on any atom is -0.341 e. The Balaban J connectivity index is 2.35. The Bertz CT molecular complexity index is 623. The number of nitrogens with zero attached hydrogens (tertiary/aromatic N) is 1. The first kappa shape index (κ1) is 10.1. The van der Waals surface area contributed by atoms with Gasteiger partial charge in [-0.3, -0.25) is 9.59 Å². The number of nitrogens with one attached hydrogen (secondary N) is 1. The molecule has 78 valence electrons. The molecule has 1 aliphatic rings. The monoisotopic (exact) mass is 212 g/mol. The number of amides is 2. The minimum atomic E-state index is -0.295. The zero-order chi connectivity index (χ0) is 11.5. The number of carbonyl (C=O) groups is 2. The lowest BCUT2D eigenvalue weighted by atomic mass is 10.2. The first-order chi connectivity index (χ1) is 7.70. The molecule has 4 nitrogen and oxygen atoms in total. The summed E-state index contributed by atoms with van der Waals surface area (Å²) in [5, 5.41) is 3.80. The Hall–Kier alpha value is -2.41. The van der Waals surface area contributed by atoms with Crippen molar-refractivity contribution in [1.82, 2.24) is 5.32 Å². The first-order valence-corrected chi connectivity index (χ1v) is 4.67. The number of hydrogen-bond acceptors (Lipinski definition) is 2. The fourth-order valence-corrected chi connectivity index (χ4v) is 1.42. The van der Waals surface area contributed by atoms with Crippen LogP contribution in [0.4, 0.5) is 0 Å². The summed E-state index contributed by atoms with van der Waals surface area (Å²) in [5.41, 5.74) is 0.445. The van der Waals surface area contributed by atoms with Crippen LogP contribution >= 0.6 is 0 Å². The highest BCUT2D eigenvalue weighted by atomic mass is 16.2. The molecule has 0 saturated carbocycles. The van der Waals surface area contributed by atoms with Gasteiger partial charge in [-0.2, -0.15) is 0 Å². The molecule has 0 bridgehead atoms. The highest BCUT2D eigenvalue weighted by Gasteiger charge is 2.08. The van der Waals surface area contributed by atoms with Crippen molar-refractivity contribution in [1.29, 1.82) is 0 Å². The number of carbonyl (C=O) groups excluding carboxylic acids is 2. The van der Waals surface area contributed by atoms with E-state index in [0.29, 0.717) is 10.9 Å². The maximum absolute atomic E-state index is 11.5. The molecule has 2 rings (SSSR count). The van der Waals surface area contributed by atoms with E-state index in [1.54, 1.807) is 18.2 Å². The van der Waals surface area contributed by atoms with E-state index >= 15 is 0 Å². The average Bonchev–Trinajstić information content (AvgIpc) is 2.64. The van der Waals surface area contributed by atoms with Gasteiger partial charge in [0.15, 0.2) is 0 Å². The zero-order valence-electron chi connectivity index (χ0n) is 8.36. The molecule has 16 heavy (non-hydrogen) atoms. The van der Waals surface area contributed by atoms with Crippen molar-refractivity contribution in [3.05, 3.63) is 34.3 Å². The van der Waals surface area contributed by atoms with Crippen molar-refractivity contribution >= 4 is 17.9 Å². The normalized spacial score (nSPS) is 12.1. The lowest BCUT2D eigenvalue weighted by Gasteiger charge is -2.00. The summed E-state index contributed by atoms with van der Waals surface area (Å²) in [6.07, 6.45) is 6.46. The molecule has 0 fully saturated rings. The summed E-state index contributed by atoms with van der Waals surface area (Å²) in [6, 6.07) is 4.90. The average molecular weight is 212 g/mol. The molecule has 1 heterocycles. The van der Waals surface area contributed by atoms with Crippen LogP contribution in [0.15, 0.2) is 23.2 Å². The fraction of sp³-hybridized carbons (Fsp3) is 0.0833. The van der Waals surface area contributed by atoms with E-state index in [1.807, 2.05) is 0 Å². The highest BCUT2D eigenvalue weighted by molar-refractivity contribution is 6.06. The Morgan fingerprint density at radius 2 is 2.31 bits per heavy atom. The van der Waals surface area contributed by atoms with Crippen molar-refractivity contribution in [2.45, 2.75) is 0 Å². The van der Waals surface area contributed by atoms with E-state index in [9.17, 15) is 9.59 Å². The molecule has 0 spiro atoms. The van der Waals surface area contributed by atoms with E-state index in [0.717, 1.165) is 5.22 Å². The predicted molar refractivity (Wildman–Crippen MR) is 57.9 cm³/mol. The molecule has 1 aromatic carbocycles.